The Morgan fingerprint density at radius 2 is 1.90 bits per heavy atom. The van der Waals surface area contributed by atoms with Gasteiger partial charge in [-0.1, -0.05) is 31.2 Å². The molecule has 1 atom stereocenters. The van der Waals surface area contributed by atoms with Gasteiger partial charge in [-0.15, -0.1) is 11.3 Å². The number of piperidine rings is 1. The van der Waals surface area contributed by atoms with Crippen LogP contribution in [0.3, 0.4) is 0 Å². The molecule has 112 valence electrons. The van der Waals surface area contributed by atoms with Crippen molar-refractivity contribution in [3.63, 3.8) is 0 Å². The van der Waals surface area contributed by atoms with Crippen molar-refractivity contribution in [1.29, 1.82) is 0 Å². The highest BCUT2D eigenvalue weighted by atomic mass is 32.1. The summed E-state index contributed by atoms with van der Waals surface area (Å²) in [5.74, 6) is 0. The number of para-hydroxylation sites is 1. The average Bonchev–Trinajstić information content (AvgIpc) is 3.08. The molecule has 1 unspecified atom stereocenters. The second kappa shape index (κ2) is 7.10. The summed E-state index contributed by atoms with van der Waals surface area (Å²) in [6.45, 7) is 4.58. The summed E-state index contributed by atoms with van der Waals surface area (Å²) >= 11 is 1.87. The quantitative estimate of drug-likeness (QED) is 0.877. The molecule has 1 saturated heterocycles. The molecule has 2 heterocycles. The van der Waals surface area contributed by atoms with Gasteiger partial charge < -0.3 is 10.2 Å². The predicted octanol–water partition coefficient (Wildman–Crippen LogP) is 4.46. The van der Waals surface area contributed by atoms with E-state index in [0.717, 1.165) is 13.1 Å². The topological polar surface area (TPSA) is 15.3 Å². The maximum Gasteiger partial charge on any atom is 0.0414 e. The zero-order chi connectivity index (χ0) is 14.5. The van der Waals surface area contributed by atoms with Crippen LogP contribution < -0.4 is 10.2 Å². The van der Waals surface area contributed by atoms with E-state index < -0.39 is 0 Å². The van der Waals surface area contributed by atoms with Gasteiger partial charge in [0.15, 0.2) is 0 Å². The first-order chi connectivity index (χ1) is 10.4. The van der Waals surface area contributed by atoms with Gasteiger partial charge in [-0.05, 0) is 42.8 Å². The molecule has 1 aliphatic rings. The van der Waals surface area contributed by atoms with Crippen LogP contribution in [0.1, 0.15) is 37.1 Å². The number of nitrogens with one attached hydrogen (secondary N) is 1. The highest BCUT2D eigenvalue weighted by Crippen LogP contribution is 2.25. The first kappa shape index (κ1) is 14.6. The van der Waals surface area contributed by atoms with E-state index in [-0.39, 0.29) is 0 Å². The number of hydrogen-bond donors (Lipinski definition) is 1. The van der Waals surface area contributed by atoms with Gasteiger partial charge in [-0.25, -0.2) is 0 Å². The van der Waals surface area contributed by atoms with E-state index in [4.69, 9.17) is 0 Å². The Balaban J connectivity index is 1.54. The van der Waals surface area contributed by atoms with Gasteiger partial charge in [-0.3, -0.25) is 0 Å². The zero-order valence-corrected chi connectivity index (χ0v) is 13.5. The number of hydrogen-bond acceptors (Lipinski definition) is 3. The van der Waals surface area contributed by atoms with Crippen molar-refractivity contribution in [2.75, 3.05) is 18.0 Å². The smallest absolute Gasteiger partial charge is 0.0414 e. The largest absolute Gasteiger partial charge is 0.371 e. The SMILES string of the molecule is CCC(NC1CCN(c2ccccc2)CC1)c1cccs1. The zero-order valence-electron chi connectivity index (χ0n) is 12.7. The molecule has 1 aliphatic heterocycles. The van der Waals surface area contributed by atoms with Gasteiger partial charge in [0.1, 0.15) is 0 Å². The van der Waals surface area contributed by atoms with Crippen LogP contribution in [0.2, 0.25) is 0 Å². The summed E-state index contributed by atoms with van der Waals surface area (Å²) in [6.07, 6.45) is 3.63. The molecule has 0 saturated carbocycles. The summed E-state index contributed by atoms with van der Waals surface area (Å²) in [4.78, 5) is 3.98. The molecule has 3 rings (SSSR count). The van der Waals surface area contributed by atoms with E-state index in [9.17, 15) is 0 Å². The van der Waals surface area contributed by atoms with Crippen LogP contribution in [0, 0.1) is 0 Å². The maximum atomic E-state index is 3.86. The lowest BCUT2D eigenvalue weighted by molar-refractivity contribution is 0.367. The third-order valence-corrected chi connectivity index (χ3v) is 5.33. The summed E-state index contributed by atoms with van der Waals surface area (Å²) in [7, 11) is 0. The van der Waals surface area contributed by atoms with Crippen molar-refractivity contribution >= 4 is 17.0 Å². The molecule has 1 N–H and O–H groups in total. The van der Waals surface area contributed by atoms with E-state index in [1.165, 1.54) is 29.8 Å². The van der Waals surface area contributed by atoms with Crippen molar-refractivity contribution in [3.05, 3.63) is 52.7 Å². The van der Waals surface area contributed by atoms with Gasteiger partial charge in [0, 0.05) is 35.7 Å². The van der Waals surface area contributed by atoms with E-state index in [1.54, 1.807) is 0 Å². The van der Waals surface area contributed by atoms with Crippen LogP contribution in [0.15, 0.2) is 47.8 Å². The molecule has 0 radical (unpaired) electrons. The number of benzene rings is 1. The Bertz CT molecular complexity index is 515. The summed E-state index contributed by atoms with van der Waals surface area (Å²) in [6, 6.07) is 16.4. The molecular formula is C18H24N2S. The fourth-order valence-electron chi connectivity index (χ4n) is 3.12. The second-order valence-electron chi connectivity index (χ2n) is 5.74. The Kier molecular flexibility index (Phi) is 4.94. The molecule has 0 bridgehead atoms. The van der Waals surface area contributed by atoms with Crippen LogP contribution in [0.4, 0.5) is 5.69 Å². The van der Waals surface area contributed by atoms with Crippen molar-refractivity contribution in [2.24, 2.45) is 0 Å². The van der Waals surface area contributed by atoms with Crippen LogP contribution >= 0.6 is 11.3 Å². The molecule has 21 heavy (non-hydrogen) atoms. The molecule has 0 aliphatic carbocycles. The van der Waals surface area contributed by atoms with Crippen molar-refractivity contribution in [2.45, 2.75) is 38.3 Å². The highest BCUT2D eigenvalue weighted by molar-refractivity contribution is 7.10. The highest BCUT2D eigenvalue weighted by Gasteiger charge is 2.22. The van der Waals surface area contributed by atoms with Crippen LogP contribution in [0.5, 0.6) is 0 Å². The molecule has 1 aromatic heterocycles. The lowest BCUT2D eigenvalue weighted by Gasteiger charge is -2.35. The fraction of sp³-hybridized carbons (Fsp3) is 0.444. The van der Waals surface area contributed by atoms with Gasteiger partial charge in [0.2, 0.25) is 0 Å². The molecule has 1 fully saturated rings. The molecule has 0 amide bonds. The van der Waals surface area contributed by atoms with Crippen molar-refractivity contribution in [1.82, 2.24) is 5.32 Å². The molecule has 3 heteroatoms. The lowest BCUT2D eigenvalue weighted by atomic mass is 10.0. The number of nitrogens with zero attached hydrogens (tertiary/aromatic N) is 1. The van der Waals surface area contributed by atoms with Crippen molar-refractivity contribution in [3.8, 4) is 0 Å². The minimum absolute atomic E-state index is 0.526. The first-order valence-corrected chi connectivity index (χ1v) is 8.84. The van der Waals surface area contributed by atoms with E-state index in [2.05, 4.69) is 65.0 Å². The fourth-order valence-corrected chi connectivity index (χ4v) is 3.99. The Morgan fingerprint density at radius 1 is 1.14 bits per heavy atom. The predicted molar refractivity (Wildman–Crippen MR) is 92.2 cm³/mol. The number of anilines is 1. The molecule has 2 nitrogen and oxygen atoms in total. The third-order valence-electron chi connectivity index (χ3n) is 4.35. The van der Waals surface area contributed by atoms with Crippen molar-refractivity contribution < 1.29 is 0 Å². The first-order valence-electron chi connectivity index (χ1n) is 7.96. The second-order valence-corrected chi connectivity index (χ2v) is 6.72. The average molecular weight is 300 g/mol. The Morgan fingerprint density at radius 3 is 2.52 bits per heavy atom. The molecular weight excluding hydrogens is 276 g/mol. The van der Waals surface area contributed by atoms with E-state index in [1.807, 2.05) is 11.3 Å². The summed E-state index contributed by atoms with van der Waals surface area (Å²) in [5, 5.41) is 6.04. The summed E-state index contributed by atoms with van der Waals surface area (Å²) < 4.78 is 0. The summed E-state index contributed by atoms with van der Waals surface area (Å²) in [5.41, 5.74) is 1.36. The van der Waals surface area contributed by atoms with E-state index >= 15 is 0 Å². The maximum absolute atomic E-state index is 3.86. The third kappa shape index (κ3) is 3.66. The lowest BCUT2D eigenvalue weighted by Crippen LogP contribution is -2.43. The molecule has 2 aromatic rings. The number of thiophene rings is 1. The monoisotopic (exact) mass is 300 g/mol. The minimum Gasteiger partial charge on any atom is -0.371 e. The normalized spacial score (nSPS) is 17.9. The van der Waals surface area contributed by atoms with Crippen LogP contribution in [-0.4, -0.2) is 19.1 Å². The minimum atomic E-state index is 0.526. The van der Waals surface area contributed by atoms with Gasteiger partial charge in [0.25, 0.3) is 0 Å². The van der Waals surface area contributed by atoms with E-state index in [0.29, 0.717) is 12.1 Å². The standard InChI is InChI=1S/C18H24N2S/c1-2-17(18-9-6-14-21-18)19-15-10-12-20(13-11-15)16-7-4-3-5-8-16/h3-9,14-15,17,19H,2,10-13H2,1H3. The van der Waals surface area contributed by atoms with Crippen LogP contribution in [-0.2, 0) is 0 Å². The van der Waals surface area contributed by atoms with Gasteiger partial charge in [0.05, 0.1) is 0 Å². The van der Waals surface area contributed by atoms with Crippen LogP contribution in [0.25, 0.3) is 0 Å². The Hall–Kier alpha value is -1.32. The number of rotatable bonds is 5. The molecule has 1 aromatic carbocycles. The Labute approximate surface area is 131 Å². The van der Waals surface area contributed by atoms with Gasteiger partial charge >= 0.3 is 0 Å². The van der Waals surface area contributed by atoms with Gasteiger partial charge in [-0.2, -0.15) is 0 Å². The molecule has 0 spiro atoms.